The molecule has 1 N–H and O–H groups in total. The van der Waals surface area contributed by atoms with Gasteiger partial charge in [-0.2, -0.15) is 0 Å². The van der Waals surface area contributed by atoms with Crippen LogP contribution in [-0.2, 0) is 0 Å². The molecule has 0 bridgehead atoms. The van der Waals surface area contributed by atoms with Crippen LogP contribution in [0.1, 0.15) is 18.5 Å². The number of aromatic nitrogens is 1. The van der Waals surface area contributed by atoms with Gasteiger partial charge in [0.05, 0.1) is 6.04 Å². The van der Waals surface area contributed by atoms with E-state index in [0.717, 1.165) is 20.9 Å². The number of hydrogen-bond acceptors (Lipinski definition) is 2. The van der Waals surface area contributed by atoms with Crippen molar-refractivity contribution in [1.82, 2.24) is 4.98 Å². The first kappa shape index (κ1) is 12.4. The summed E-state index contributed by atoms with van der Waals surface area (Å²) < 4.78 is 0.966. The third-order valence-corrected chi connectivity index (χ3v) is 3.28. The smallest absolute Gasteiger partial charge is 0.126 e. The largest absolute Gasteiger partial charge is 0.363 e. The summed E-state index contributed by atoms with van der Waals surface area (Å²) in [7, 11) is 0. The zero-order valence-corrected chi connectivity index (χ0v) is 11.7. The highest BCUT2D eigenvalue weighted by molar-refractivity contribution is 9.10. The Balaban J connectivity index is 2.14. The molecule has 0 aliphatic carbocycles. The van der Waals surface area contributed by atoms with E-state index in [1.807, 2.05) is 36.4 Å². The summed E-state index contributed by atoms with van der Waals surface area (Å²) in [6, 6.07) is 11.8. The number of pyridine rings is 1. The number of nitrogens with one attached hydrogen (secondary N) is 1. The zero-order chi connectivity index (χ0) is 12.3. The van der Waals surface area contributed by atoms with Gasteiger partial charge >= 0.3 is 0 Å². The molecule has 0 aliphatic rings. The third kappa shape index (κ3) is 3.20. The molecule has 0 amide bonds. The van der Waals surface area contributed by atoms with E-state index in [0.29, 0.717) is 0 Å². The molecular weight excluding hydrogens is 300 g/mol. The van der Waals surface area contributed by atoms with Gasteiger partial charge in [-0.25, -0.2) is 4.98 Å². The van der Waals surface area contributed by atoms with Crippen molar-refractivity contribution in [3.05, 3.63) is 57.7 Å². The fourth-order valence-corrected chi connectivity index (χ4v) is 2.12. The molecule has 0 radical (unpaired) electrons. The van der Waals surface area contributed by atoms with Crippen molar-refractivity contribution < 1.29 is 0 Å². The van der Waals surface area contributed by atoms with Crippen LogP contribution in [0.4, 0.5) is 5.82 Å². The lowest BCUT2D eigenvalue weighted by molar-refractivity contribution is 0.875. The van der Waals surface area contributed by atoms with Gasteiger partial charge in [0.15, 0.2) is 0 Å². The summed E-state index contributed by atoms with van der Waals surface area (Å²) in [5, 5.41) is 4.08. The van der Waals surface area contributed by atoms with Crippen molar-refractivity contribution in [2.45, 2.75) is 13.0 Å². The van der Waals surface area contributed by atoms with Gasteiger partial charge in [0.25, 0.3) is 0 Å². The van der Waals surface area contributed by atoms with Crippen molar-refractivity contribution in [3.8, 4) is 0 Å². The van der Waals surface area contributed by atoms with E-state index in [9.17, 15) is 0 Å². The molecule has 0 saturated carbocycles. The average Bonchev–Trinajstić information content (AvgIpc) is 2.32. The van der Waals surface area contributed by atoms with E-state index in [1.54, 1.807) is 6.20 Å². The Kier molecular flexibility index (Phi) is 4.02. The van der Waals surface area contributed by atoms with Crippen LogP contribution in [0.2, 0.25) is 5.02 Å². The fraction of sp³-hybridized carbons (Fsp3) is 0.154. The van der Waals surface area contributed by atoms with Gasteiger partial charge in [0.2, 0.25) is 0 Å². The van der Waals surface area contributed by atoms with Crippen molar-refractivity contribution >= 4 is 33.3 Å². The molecule has 1 heterocycles. The van der Waals surface area contributed by atoms with E-state index >= 15 is 0 Å². The lowest BCUT2D eigenvalue weighted by atomic mass is 10.1. The maximum absolute atomic E-state index is 6.14. The van der Waals surface area contributed by atoms with E-state index in [2.05, 4.69) is 33.2 Å². The average molecular weight is 312 g/mol. The van der Waals surface area contributed by atoms with Gasteiger partial charge in [-0.15, -0.1) is 0 Å². The van der Waals surface area contributed by atoms with Crippen LogP contribution in [-0.4, -0.2) is 4.98 Å². The second kappa shape index (κ2) is 5.52. The first-order valence-electron chi connectivity index (χ1n) is 5.29. The van der Waals surface area contributed by atoms with Crippen molar-refractivity contribution in [2.75, 3.05) is 5.32 Å². The van der Waals surface area contributed by atoms with Crippen LogP contribution in [0.3, 0.4) is 0 Å². The van der Waals surface area contributed by atoms with Gasteiger partial charge < -0.3 is 5.32 Å². The fourth-order valence-electron chi connectivity index (χ4n) is 1.59. The SMILES string of the molecule is CC(Nc1ccc(Br)cn1)c1ccccc1Cl. The van der Waals surface area contributed by atoms with E-state index in [4.69, 9.17) is 11.6 Å². The minimum absolute atomic E-state index is 0.123. The molecule has 88 valence electrons. The predicted octanol–water partition coefficient (Wildman–Crippen LogP) is 4.67. The monoisotopic (exact) mass is 310 g/mol. The molecule has 2 aromatic rings. The number of hydrogen-bond donors (Lipinski definition) is 1. The normalized spacial score (nSPS) is 12.2. The molecule has 1 atom stereocenters. The minimum Gasteiger partial charge on any atom is -0.363 e. The number of halogens is 2. The van der Waals surface area contributed by atoms with Gasteiger partial charge in [0.1, 0.15) is 5.82 Å². The maximum atomic E-state index is 6.14. The first-order chi connectivity index (χ1) is 8.16. The van der Waals surface area contributed by atoms with Crippen LogP contribution in [0.25, 0.3) is 0 Å². The summed E-state index contributed by atoms with van der Waals surface area (Å²) in [6.45, 7) is 2.06. The standard InChI is InChI=1S/C13H12BrClN2/c1-9(11-4-2-3-5-12(11)15)17-13-7-6-10(14)8-16-13/h2-9H,1H3,(H,16,17). The van der Waals surface area contributed by atoms with Crippen LogP contribution in [0.5, 0.6) is 0 Å². The topological polar surface area (TPSA) is 24.9 Å². The number of anilines is 1. The summed E-state index contributed by atoms with van der Waals surface area (Å²) in [5.74, 6) is 0.834. The molecule has 1 aromatic carbocycles. The van der Waals surface area contributed by atoms with Gasteiger partial charge in [-0.1, -0.05) is 29.8 Å². The summed E-state index contributed by atoms with van der Waals surface area (Å²) >= 11 is 9.50. The summed E-state index contributed by atoms with van der Waals surface area (Å²) in [6.07, 6.45) is 1.77. The Morgan fingerprint density at radius 1 is 1.24 bits per heavy atom. The highest BCUT2D eigenvalue weighted by Gasteiger charge is 2.08. The van der Waals surface area contributed by atoms with Crippen molar-refractivity contribution in [3.63, 3.8) is 0 Å². The van der Waals surface area contributed by atoms with Crippen LogP contribution in [0.15, 0.2) is 47.1 Å². The van der Waals surface area contributed by atoms with E-state index in [1.165, 1.54) is 0 Å². The molecule has 0 saturated heterocycles. The van der Waals surface area contributed by atoms with Crippen LogP contribution in [0, 0.1) is 0 Å². The lowest BCUT2D eigenvalue weighted by Gasteiger charge is -2.16. The summed E-state index contributed by atoms with van der Waals surface area (Å²) in [5.41, 5.74) is 1.07. The molecule has 2 rings (SSSR count). The second-order valence-corrected chi connectivity index (χ2v) is 5.07. The lowest BCUT2D eigenvalue weighted by Crippen LogP contribution is -2.08. The Bertz CT molecular complexity index is 499. The van der Waals surface area contributed by atoms with Crippen molar-refractivity contribution in [2.24, 2.45) is 0 Å². The molecule has 1 aromatic heterocycles. The highest BCUT2D eigenvalue weighted by Crippen LogP contribution is 2.25. The van der Waals surface area contributed by atoms with Gasteiger partial charge in [-0.05, 0) is 46.6 Å². The Hall–Kier alpha value is -1.06. The maximum Gasteiger partial charge on any atom is 0.126 e. The number of nitrogens with zero attached hydrogens (tertiary/aromatic N) is 1. The molecule has 4 heteroatoms. The molecule has 17 heavy (non-hydrogen) atoms. The Morgan fingerprint density at radius 3 is 2.65 bits per heavy atom. The Labute approximate surface area is 114 Å². The van der Waals surface area contributed by atoms with Crippen molar-refractivity contribution in [1.29, 1.82) is 0 Å². The first-order valence-corrected chi connectivity index (χ1v) is 6.46. The van der Waals surface area contributed by atoms with Gasteiger partial charge in [-0.3, -0.25) is 0 Å². The molecular formula is C13H12BrClN2. The number of benzene rings is 1. The number of rotatable bonds is 3. The second-order valence-electron chi connectivity index (χ2n) is 3.75. The third-order valence-electron chi connectivity index (χ3n) is 2.46. The highest BCUT2D eigenvalue weighted by atomic mass is 79.9. The van der Waals surface area contributed by atoms with E-state index in [-0.39, 0.29) is 6.04 Å². The summed E-state index contributed by atoms with van der Waals surface area (Å²) in [4.78, 5) is 4.27. The predicted molar refractivity (Wildman–Crippen MR) is 75.4 cm³/mol. The molecule has 1 unspecified atom stereocenters. The van der Waals surface area contributed by atoms with Gasteiger partial charge in [0, 0.05) is 15.7 Å². The zero-order valence-electron chi connectivity index (χ0n) is 9.32. The van der Waals surface area contributed by atoms with Crippen LogP contribution < -0.4 is 5.32 Å². The Morgan fingerprint density at radius 2 is 2.00 bits per heavy atom. The quantitative estimate of drug-likeness (QED) is 0.891. The molecule has 0 fully saturated rings. The molecule has 2 nitrogen and oxygen atoms in total. The molecule has 0 spiro atoms. The minimum atomic E-state index is 0.123. The van der Waals surface area contributed by atoms with Crippen LogP contribution >= 0.6 is 27.5 Å². The molecule has 0 aliphatic heterocycles. The van der Waals surface area contributed by atoms with E-state index < -0.39 is 0 Å².